The van der Waals surface area contributed by atoms with E-state index in [9.17, 15) is 4.79 Å². The third kappa shape index (κ3) is 10.9. The number of carbonyl (C=O) groups excluding carboxylic acids is 1. The van der Waals surface area contributed by atoms with E-state index in [4.69, 9.17) is 14.2 Å². The van der Waals surface area contributed by atoms with Crippen LogP contribution in [0.2, 0.25) is 0 Å². The molecule has 114 valence electrons. The van der Waals surface area contributed by atoms with Crippen LogP contribution in [0.15, 0.2) is 0 Å². The second-order valence-electron chi connectivity index (χ2n) is 5.29. The van der Waals surface area contributed by atoms with Crippen molar-refractivity contribution in [2.24, 2.45) is 0 Å². The molecule has 1 atom stereocenters. The molecule has 1 N–H and O–H groups in total. The van der Waals surface area contributed by atoms with E-state index >= 15 is 0 Å². The predicted octanol–water partition coefficient (Wildman–Crippen LogP) is 1.75. The van der Waals surface area contributed by atoms with Gasteiger partial charge in [0.05, 0.1) is 32.0 Å². The van der Waals surface area contributed by atoms with Gasteiger partial charge in [-0.05, 0) is 40.7 Å². The molecule has 0 rings (SSSR count). The standard InChI is InChI=1S/C14H29NO4/c1-6-8-15-12(13(16)18-7-2)11-17-9-10-19-14(3,4)5/h12,15H,6-11H2,1-5H3. The first-order valence-corrected chi connectivity index (χ1v) is 7.02. The molecule has 5 nitrogen and oxygen atoms in total. The summed E-state index contributed by atoms with van der Waals surface area (Å²) in [7, 11) is 0. The van der Waals surface area contributed by atoms with E-state index in [0.29, 0.717) is 26.4 Å². The summed E-state index contributed by atoms with van der Waals surface area (Å²) in [5, 5.41) is 3.12. The largest absolute Gasteiger partial charge is 0.465 e. The molecular weight excluding hydrogens is 246 g/mol. The smallest absolute Gasteiger partial charge is 0.325 e. The molecule has 0 aliphatic carbocycles. The summed E-state index contributed by atoms with van der Waals surface area (Å²) in [5.74, 6) is -0.257. The lowest BCUT2D eigenvalue weighted by Crippen LogP contribution is -2.42. The highest BCUT2D eigenvalue weighted by Crippen LogP contribution is 2.05. The maximum Gasteiger partial charge on any atom is 0.325 e. The van der Waals surface area contributed by atoms with Crippen molar-refractivity contribution in [3.63, 3.8) is 0 Å². The van der Waals surface area contributed by atoms with Crippen LogP contribution < -0.4 is 5.32 Å². The Hall–Kier alpha value is -0.650. The molecule has 0 aromatic heterocycles. The maximum atomic E-state index is 11.7. The molecule has 0 radical (unpaired) electrons. The highest BCUT2D eigenvalue weighted by molar-refractivity contribution is 5.75. The Labute approximate surface area is 117 Å². The molecule has 0 amide bonds. The van der Waals surface area contributed by atoms with E-state index in [1.54, 1.807) is 6.92 Å². The van der Waals surface area contributed by atoms with Gasteiger partial charge in [0.2, 0.25) is 0 Å². The molecule has 0 fully saturated rings. The Bertz CT molecular complexity index is 238. The Morgan fingerprint density at radius 2 is 1.89 bits per heavy atom. The zero-order valence-corrected chi connectivity index (χ0v) is 13.0. The van der Waals surface area contributed by atoms with E-state index < -0.39 is 6.04 Å². The van der Waals surface area contributed by atoms with Gasteiger partial charge in [-0.25, -0.2) is 0 Å². The Morgan fingerprint density at radius 1 is 1.21 bits per heavy atom. The van der Waals surface area contributed by atoms with Gasteiger partial charge in [-0.1, -0.05) is 6.92 Å². The minimum atomic E-state index is -0.394. The van der Waals surface area contributed by atoms with Crippen molar-refractivity contribution >= 4 is 5.97 Å². The molecule has 0 aromatic carbocycles. The fourth-order valence-electron chi connectivity index (χ4n) is 1.38. The summed E-state index contributed by atoms with van der Waals surface area (Å²) >= 11 is 0. The van der Waals surface area contributed by atoms with E-state index in [1.165, 1.54) is 0 Å². The molecule has 0 saturated carbocycles. The van der Waals surface area contributed by atoms with Crippen LogP contribution in [0.25, 0.3) is 0 Å². The summed E-state index contributed by atoms with van der Waals surface area (Å²) < 4.78 is 16.0. The van der Waals surface area contributed by atoms with Crippen LogP contribution >= 0.6 is 0 Å². The van der Waals surface area contributed by atoms with Gasteiger partial charge in [-0.3, -0.25) is 4.79 Å². The molecule has 0 spiro atoms. The van der Waals surface area contributed by atoms with Gasteiger partial charge in [0.25, 0.3) is 0 Å². The van der Waals surface area contributed by atoms with Crippen LogP contribution in [-0.2, 0) is 19.0 Å². The van der Waals surface area contributed by atoms with Crippen LogP contribution in [0.5, 0.6) is 0 Å². The fraction of sp³-hybridized carbons (Fsp3) is 0.929. The summed E-state index contributed by atoms with van der Waals surface area (Å²) in [4.78, 5) is 11.7. The lowest BCUT2D eigenvalue weighted by molar-refractivity contribution is -0.147. The van der Waals surface area contributed by atoms with Crippen molar-refractivity contribution in [2.45, 2.75) is 52.7 Å². The fourth-order valence-corrected chi connectivity index (χ4v) is 1.38. The first-order chi connectivity index (χ1) is 8.90. The van der Waals surface area contributed by atoms with Gasteiger partial charge in [0.1, 0.15) is 6.04 Å². The Kier molecular flexibility index (Phi) is 9.83. The lowest BCUT2D eigenvalue weighted by atomic mass is 10.2. The minimum absolute atomic E-state index is 0.162. The van der Waals surface area contributed by atoms with Crippen LogP contribution in [0, 0.1) is 0 Å². The molecule has 5 heteroatoms. The summed E-state index contributed by atoms with van der Waals surface area (Å²) in [6, 6.07) is -0.394. The summed E-state index contributed by atoms with van der Waals surface area (Å²) in [6.07, 6.45) is 0.961. The first kappa shape index (κ1) is 18.4. The van der Waals surface area contributed by atoms with Crippen molar-refractivity contribution in [3.8, 4) is 0 Å². The topological polar surface area (TPSA) is 56.8 Å². The van der Waals surface area contributed by atoms with E-state index in [-0.39, 0.29) is 11.6 Å². The van der Waals surface area contributed by atoms with Crippen molar-refractivity contribution in [2.75, 3.05) is 33.0 Å². The van der Waals surface area contributed by atoms with Crippen molar-refractivity contribution in [1.82, 2.24) is 5.32 Å². The molecule has 0 aromatic rings. The van der Waals surface area contributed by atoms with Crippen LogP contribution in [0.4, 0.5) is 0 Å². The average Bonchev–Trinajstić information content (AvgIpc) is 2.31. The second-order valence-corrected chi connectivity index (χ2v) is 5.29. The van der Waals surface area contributed by atoms with Crippen LogP contribution in [-0.4, -0.2) is 50.6 Å². The van der Waals surface area contributed by atoms with E-state index in [0.717, 1.165) is 13.0 Å². The molecule has 0 heterocycles. The zero-order valence-electron chi connectivity index (χ0n) is 13.0. The number of rotatable bonds is 10. The third-order valence-electron chi connectivity index (χ3n) is 2.26. The second kappa shape index (κ2) is 10.2. The van der Waals surface area contributed by atoms with Gasteiger partial charge < -0.3 is 19.5 Å². The minimum Gasteiger partial charge on any atom is -0.465 e. The predicted molar refractivity (Wildman–Crippen MR) is 75.2 cm³/mol. The van der Waals surface area contributed by atoms with Gasteiger partial charge >= 0.3 is 5.97 Å². The molecule has 1 unspecified atom stereocenters. The number of hydrogen-bond donors (Lipinski definition) is 1. The number of esters is 1. The highest BCUT2D eigenvalue weighted by atomic mass is 16.5. The molecule has 0 aliphatic rings. The first-order valence-electron chi connectivity index (χ1n) is 7.02. The normalized spacial score (nSPS) is 13.3. The van der Waals surface area contributed by atoms with Gasteiger partial charge in [0, 0.05) is 0 Å². The van der Waals surface area contributed by atoms with Crippen molar-refractivity contribution in [1.29, 1.82) is 0 Å². The van der Waals surface area contributed by atoms with Crippen LogP contribution in [0.1, 0.15) is 41.0 Å². The Morgan fingerprint density at radius 3 is 2.42 bits per heavy atom. The van der Waals surface area contributed by atoms with Gasteiger partial charge in [-0.15, -0.1) is 0 Å². The molecule has 0 saturated heterocycles. The quantitative estimate of drug-likeness (QED) is 0.486. The lowest BCUT2D eigenvalue weighted by Gasteiger charge is -2.20. The number of ether oxygens (including phenoxy) is 3. The van der Waals surface area contributed by atoms with Crippen LogP contribution in [0.3, 0.4) is 0 Å². The van der Waals surface area contributed by atoms with Gasteiger partial charge in [-0.2, -0.15) is 0 Å². The molecule has 0 aliphatic heterocycles. The zero-order chi connectivity index (χ0) is 14.7. The summed E-state index contributed by atoms with van der Waals surface area (Å²) in [5.41, 5.74) is -0.162. The maximum absolute atomic E-state index is 11.7. The highest BCUT2D eigenvalue weighted by Gasteiger charge is 2.19. The molecule has 19 heavy (non-hydrogen) atoms. The monoisotopic (exact) mass is 275 g/mol. The molecule has 0 bridgehead atoms. The summed E-state index contributed by atoms with van der Waals surface area (Å²) in [6.45, 7) is 12.3. The third-order valence-corrected chi connectivity index (χ3v) is 2.26. The van der Waals surface area contributed by atoms with Crippen molar-refractivity contribution < 1.29 is 19.0 Å². The number of nitrogens with one attached hydrogen (secondary N) is 1. The van der Waals surface area contributed by atoms with E-state index in [1.807, 2.05) is 27.7 Å². The van der Waals surface area contributed by atoms with Gasteiger partial charge in [0.15, 0.2) is 0 Å². The molecular formula is C14H29NO4. The number of hydrogen-bond acceptors (Lipinski definition) is 5. The average molecular weight is 275 g/mol. The Balaban J connectivity index is 3.88. The van der Waals surface area contributed by atoms with Crippen molar-refractivity contribution in [3.05, 3.63) is 0 Å². The number of carbonyl (C=O) groups is 1. The SMILES string of the molecule is CCCNC(COCCOC(C)(C)C)C(=O)OCC. The van der Waals surface area contributed by atoms with E-state index in [2.05, 4.69) is 5.32 Å².